The first-order valence-electron chi connectivity index (χ1n) is 5.57. The molecule has 0 aromatic heterocycles. The lowest BCUT2D eigenvalue weighted by molar-refractivity contribution is -0.141. The minimum Gasteiger partial charge on any atom is -0.481 e. The zero-order valence-corrected chi connectivity index (χ0v) is 10.5. The maximum Gasteiger partial charge on any atom is 0.406 e. The van der Waals surface area contributed by atoms with Crippen LogP contribution in [0.5, 0.6) is 0 Å². The van der Waals surface area contributed by atoms with Gasteiger partial charge in [0, 0.05) is 26.6 Å². The van der Waals surface area contributed by atoms with Crippen molar-refractivity contribution in [2.24, 2.45) is 0 Å². The van der Waals surface area contributed by atoms with E-state index in [1.807, 2.05) is 0 Å². The molecule has 0 aliphatic carbocycles. The van der Waals surface area contributed by atoms with Crippen molar-refractivity contribution in [3.05, 3.63) is 0 Å². The van der Waals surface area contributed by atoms with Gasteiger partial charge in [-0.05, 0) is 6.42 Å². The van der Waals surface area contributed by atoms with E-state index in [1.54, 1.807) is 0 Å². The molecule has 112 valence electrons. The fraction of sp³-hybridized carbons (Fsp3) is 0.800. The maximum absolute atomic E-state index is 12.2. The summed E-state index contributed by atoms with van der Waals surface area (Å²) in [7, 11) is 1.28. The Balaban J connectivity index is 4.40. The molecule has 0 fully saturated rings. The smallest absolute Gasteiger partial charge is 0.406 e. The number of halogens is 3. The zero-order chi connectivity index (χ0) is 15.1. The van der Waals surface area contributed by atoms with Crippen molar-refractivity contribution < 1.29 is 33.0 Å². The van der Waals surface area contributed by atoms with E-state index in [9.17, 15) is 22.8 Å². The van der Waals surface area contributed by atoms with Gasteiger partial charge in [-0.2, -0.15) is 13.2 Å². The number of amides is 2. The Morgan fingerprint density at radius 2 is 1.79 bits per heavy atom. The number of aliphatic hydroxyl groups is 1. The zero-order valence-electron chi connectivity index (χ0n) is 10.5. The third-order valence-electron chi connectivity index (χ3n) is 2.22. The van der Waals surface area contributed by atoms with E-state index in [1.165, 1.54) is 7.05 Å². The van der Waals surface area contributed by atoms with Gasteiger partial charge in [0.15, 0.2) is 0 Å². The lowest BCUT2D eigenvalue weighted by Crippen LogP contribution is -2.47. The third-order valence-corrected chi connectivity index (χ3v) is 2.22. The molecule has 0 atom stereocenters. The van der Waals surface area contributed by atoms with Crippen LogP contribution >= 0.6 is 0 Å². The molecule has 9 heteroatoms. The fourth-order valence-corrected chi connectivity index (χ4v) is 1.38. The van der Waals surface area contributed by atoms with Crippen molar-refractivity contribution in [3.8, 4) is 0 Å². The number of carbonyl (C=O) groups excluding carboxylic acids is 1. The number of rotatable bonds is 7. The van der Waals surface area contributed by atoms with Gasteiger partial charge in [0.25, 0.3) is 0 Å². The molecule has 0 aliphatic heterocycles. The molecule has 2 N–H and O–H groups in total. The molecule has 0 heterocycles. The number of nitrogens with zero attached hydrogens (tertiary/aromatic N) is 2. The summed E-state index contributed by atoms with van der Waals surface area (Å²) in [6, 6.07) is -0.892. The van der Waals surface area contributed by atoms with Crippen molar-refractivity contribution in [1.82, 2.24) is 9.80 Å². The Bertz CT molecular complexity index is 310. The van der Waals surface area contributed by atoms with Crippen LogP contribution < -0.4 is 0 Å². The molecule has 0 rings (SSSR count). The Kier molecular flexibility index (Phi) is 7.20. The summed E-state index contributed by atoms with van der Waals surface area (Å²) in [6.45, 7) is -2.42. The number of hydrogen-bond donors (Lipinski definition) is 2. The molecule has 0 aliphatic rings. The Hall–Kier alpha value is -1.51. The first kappa shape index (κ1) is 17.5. The maximum atomic E-state index is 12.2. The average Bonchev–Trinajstić information content (AvgIpc) is 2.25. The minimum absolute atomic E-state index is 0.0327. The Morgan fingerprint density at radius 3 is 2.21 bits per heavy atom. The molecular weight excluding hydrogens is 269 g/mol. The van der Waals surface area contributed by atoms with Crippen LogP contribution in [0.4, 0.5) is 18.0 Å². The van der Waals surface area contributed by atoms with Crippen molar-refractivity contribution in [2.45, 2.75) is 19.0 Å². The topological polar surface area (TPSA) is 81.1 Å². The molecule has 0 aromatic carbocycles. The average molecular weight is 286 g/mol. The number of carboxylic acids is 1. The van der Waals surface area contributed by atoms with E-state index >= 15 is 0 Å². The van der Waals surface area contributed by atoms with Crippen molar-refractivity contribution in [3.63, 3.8) is 0 Å². The van der Waals surface area contributed by atoms with Gasteiger partial charge < -0.3 is 20.0 Å². The van der Waals surface area contributed by atoms with E-state index in [2.05, 4.69) is 0 Å². The predicted molar refractivity (Wildman–Crippen MR) is 59.6 cm³/mol. The summed E-state index contributed by atoms with van der Waals surface area (Å²) in [5.41, 5.74) is 0. The van der Waals surface area contributed by atoms with Crippen molar-refractivity contribution in [2.75, 3.05) is 33.3 Å². The van der Waals surface area contributed by atoms with Crippen LogP contribution in [-0.2, 0) is 4.79 Å². The van der Waals surface area contributed by atoms with Gasteiger partial charge in [-0.25, -0.2) is 4.79 Å². The van der Waals surface area contributed by atoms with E-state index in [0.717, 1.165) is 4.90 Å². The van der Waals surface area contributed by atoms with Crippen LogP contribution in [0.25, 0.3) is 0 Å². The number of hydrogen-bond acceptors (Lipinski definition) is 3. The summed E-state index contributed by atoms with van der Waals surface area (Å²) in [5.74, 6) is -1.04. The van der Waals surface area contributed by atoms with E-state index < -0.39 is 37.9 Å². The molecule has 0 saturated carbocycles. The molecule has 0 spiro atoms. The summed E-state index contributed by atoms with van der Waals surface area (Å²) in [4.78, 5) is 23.4. The summed E-state index contributed by atoms with van der Waals surface area (Å²) in [6.07, 6.45) is -4.57. The number of aliphatic carboxylic acids is 1. The lowest BCUT2D eigenvalue weighted by atomic mass is 10.3. The van der Waals surface area contributed by atoms with Crippen molar-refractivity contribution >= 4 is 12.0 Å². The minimum atomic E-state index is -4.55. The normalized spacial score (nSPS) is 11.2. The van der Waals surface area contributed by atoms with Crippen LogP contribution in [0.15, 0.2) is 0 Å². The molecule has 2 amide bonds. The van der Waals surface area contributed by atoms with E-state index in [-0.39, 0.29) is 19.4 Å². The number of alkyl halides is 3. The van der Waals surface area contributed by atoms with Gasteiger partial charge in [-0.1, -0.05) is 0 Å². The highest BCUT2D eigenvalue weighted by molar-refractivity contribution is 5.74. The largest absolute Gasteiger partial charge is 0.481 e. The highest BCUT2D eigenvalue weighted by Gasteiger charge is 2.33. The quantitative estimate of drug-likeness (QED) is 0.724. The standard InChI is InChI=1S/C10H17F3N2O4/c1-14(4-2-3-8(17)18)9(19)15(5-6-16)7-10(11,12)13/h16H,2-7H2,1H3,(H,17,18). The van der Waals surface area contributed by atoms with Crippen LogP contribution in [0.2, 0.25) is 0 Å². The molecule has 0 radical (unpaired) electrons. The molecule has 0 bridgehead atoms. The predicted octanol–water partition coefficient (Wildman–Crippen LogP) is 0.760. The van der Waals surface area contributed by atoms with Crippen molar-refractivity contribution in [1.29, 1.82) is 0 Å². The second kappa shape index (κ2) is 7.82. The van der Waals surface area contributed by atoms with Crippen LogP contribution in [0.1, 0.15) is 12.8 Å². The van der Waals surface area contributed by atoms with Crippen LogP contribution in [0, 0.1) is 0 Å². The molecule has 19 heavy (non-hydrogen) atoms. The van der Waals surface area contributed by atoms with Gasteiger partial charge in [-0.15, -0.1) is 0 Å². The second-order valence-electron chi connectivity index (χ2n) is 3.96. The summed E-state index contributed by atoms with van der Waals surface area (Å²) >= 11 is 0. The molecule has 0 saturated heterocycles. The molecule has 0 unspecified atom stereocenters. The van der Waals surface area contributed by atoms with Crippen LogP contribution in [-0.4, -0.2) is 71.5 Å². The monoisotopic (exact) mass is 286 g/mol. The molecule has 0 aromatic rings. The number of carboxylic acid groups (broad SMARTS) is 1. The summed E-state index contributed by atoms with van der Waals surface area (Å²) in [5, 5.41) is 17.1. The highest BCUT2D eigenvalue weighted by atomic mass is 19.4. The Morgan fingerprint density at radius 1 is 1.21 bits per heavy atom. The second-order valence-corrected chi connectivity index (χ2v) is 3.96. The SMILES string of the molecule is CN(CCCC(=O)O)C(=O)N(CCO)CC(F)(F)F. The van der Waals surface area contributed by atoms with Crippen LogP contribution in [0.3, 0.4) is 0 Å². The third kappa shape index (κ3) is 8.25. The van der Waals surface area contributed by atoms with Gasteiger partial charge in [0.05, 0.1) is 6.61 Å². The molecule has 6 nitrogen and oxygen atoms in total. The fourth-order valence-electron chi connectivity index (χ4n) is 1.38. The van der Waals surface area contributed by atoms with Gasteiger partial charge >= 0.3 is 18.2 Å². The lowest BCUT2D eigenvalue weighted by Gasteiger charge is -2.28. The summed E-state index contributed by atoms with van der Waals surface area (Å²) < 4.78 is 36.7. The Labute approximate surface area is 108 Å². The van der Waals surface area contributed by atoms with Gasteiger partial charge in [0.2, 0.25) is 0 Å². The van der Waals surface area contributed by atoms with E-state index in [0.29, 0.717) is 4.90 Å². The first-order chi connectivity index (χ1) is 8.67. The van der Waals surface area contributed by atoms with E-state index in [4.69, 9.17) is 10.2 Å². The van der Waals surface area contributed by atoms with Gasteiger partial charge in [-0.3, -0.25) is 4.79 Å². The van der Waals surface area contributed by atoms with Gasteiger partial charge in [0.1, 0.15) is 6.54 Å². The number of aliphatic hydroxyl groups excluding tert-OH is 1. The number of carbonyl (C=O) groups is 2. The first-order valence-corrected chi connectivity index (χ1v) is 5.57. The molecular formula is C10H17F3N2O4. The highest BCUT2D eigenvalue weighted by Crippen LogP contribution is 2.17. The number of urea groups is 1.